The molecule has 1 aliphatic heterocycles. The molecule has 5 aromatic carbocycles. The van der Waals surface area contributed by atoms with Gasteiger partial charge in [-0.15, -0.1) is 5.69 Å². The summed E-state index contributed by atoms with van der Waals surface area (Å²) >= 11 is 0. The molecule has 14 heteroatoms. The number of benzene rings is 5. The van der Waals surface area contributed by atoms with Crippen LogP contribution in [0.5, 0.6) is 0 Å². The summed E-state index contributed by atoms with van der Waals surface area (Å²) in [6, 6.07) is 51.4. The van der Waals surface area contributed by atoms with Crippen molar-refractivity contribution in [2.24, 2.45) is 4.99 Å². The summed E-state index contributed by atoms with van der Waals surface area (Å²) in [6.07, 6.45) is 7.17. The van der Waals surface area contributed by atoms with Gasteiger partial charge in [-0.3, -0.25) is 15.1 Å². The number of aliphatic imine (C=N–C) groups is 1. The Balaban J connectivity index is 0.000000220. The van der Waals surface area contributed by atoms with E-state index in [1.807, 2.05) is 24.3 Å². The third-order valence-corrected chi connectivity index (χ3v) is 11.5. The number of nitro groups is 1. The van der Waals surface area contributed by atoms with E-state index < -0.39 is 28.5 Å². The van der Waals surface area contributed by atoms with Gasteiger partial charge in [0.15, 0.2) is 10.1 Å². The van der Waals surface area contributed by atoms with Crippen molar-refractivity contribution in [1.29, 1.82) is 0 Å². The number of aromatic nitrogens is 1. The van der Waals surface area contributed by atoms with Gasteiger partial charge in [-0.1, -0.05) is 110 Å². The van der Waals surface area contributed by atoms with Gasteiger partial charge in [0.2, 0.25) is 0 Å². The number of nitrogens with zero attached hydrogens (tertiary/aromatic N) is 3. The molecule has 0 atom stereocenters. The first-order valence-electron chi connectivity index (χ1n) is 17.6. The van der Waals surface area contributed by atoms with E-state index in [1.165, 1.54) is 39.2 Å². The molecule has 8 nitrogen and oxygen atoms in total. The SMILES string of the molecule is Cc1ccc(C(C)C)cc1.O=S(=O)([O-])C(F)(F)F.O=[N+]([O-])c1ccc(/C(=C2\C=CC=N2)c2ccc[n-]2)cc1.[Ru+2].c1ccc([PH+](c2ccccc2)c2ccccc2)cc1. The third kappa shape index (κ3) is 14.3. The summed E-state index contributed by atoms with van der Waals surface area (Å²) in [5, 5.41) is 15.0. The predicted molar refractivity (Wildman–Crippen MR) is 224 cm³/mol. The standard InChI is InChI=1S/C18H15P.C15H10N3O2.C10H14.CHF3O3S.Ru/c1-4-10-16(11-5-1)19(17-12-6-2-7-13-17)18-14-8-3-9-15-18;19-18(20)12-7-5-11(6-8-12)15(13-3-1-9-16-13)14-4-2-10-17-14;1-8(2)10-6-4-9(3)5-7-10;2-1(3,4)8(5,6)7;/h1-15H;1-10H;4-8H,1-3H3;(H,5,6,7);/q;-1;;;+2/b;15-13-;;;. The normalized spacial score (nSPS) is 12.6. The van der Waals surface area contributed by atoms with E-state index in [4.69, 9.17) is 13.0 Å². The Morgan fingerprint density at radius 2 is 1.21 bits per heavy atom. The maximum Gasteiger partial charge on any atom is 2.00 e. The van der Waals surface area contributed by atoms with E-state index >= 15 is 0 Å². The zero-order valence-corrected chi connectivity index (χ0v) is 35.2. The Morgan fingerprint density at radius 1 is 0.741 bits per heavy atom. The molecule has 0 spiro atoms. The maximum absolute atomic E-state index is 10.7. The van der Waals surface area contributed by atoms with Gasteiger partial charge in [0.25, 0.3) is 5.69 Å². The summed E-state index contributed by atoms with van der Waals surface area (Å²) in [6.45, 7) is 6.54. The van der Waals surface area contributed by atoms with Crippen molar-refractivity contribution in [2.75, 3.05) is 0 Å². The van der Waals surface area contributed by atoms with E-state index in [-0.39, 0.29) is 25.2 Å². The predicted octanol–water partition coefficient (Wildman–Crippen LogP) is 9.30. The van der Waals surface area contributed by atoms with Crippen LogP contribution in [-0.4, -0.2) is 29.6 Å². The van der Waals surface area contributed by atoms with E-state index in [2.05, 4.69) is 146 Å². The van der Waals surface area contributed by atoms with E-state index in [1.54, 1.807) is 24.5 Å². The molecule has 0 saturated carbocycles. The van der Waals surface area contributed by atoms with Crippen molar-refractivity contribution in [1.82, 2.24) is 4.98 Å². The molecule has 0 N–H and O–H groups in total. The number of alkyl halides is 3. The zero-order valence-electron chi connectivity index (χ0n) is 31.6. The maximum atomic E-state index is 10.7. The minimum atomic E-state index is -6.09. The monoisotopic (exact) mass is 912 g/mol. The van der Waals surface area contributed by atoms with Crippen molar-refractivity contribution in [3.63, 3.8) is 0 Å². The topological polar surface area (TPSA) is 127 Å². The fourth-order valence-electron chi connectivity index (χ4n) is 5.34. The molecule has 0 amide bonds. The molecule has 7 rings (SSSR count). The number of hydrogen-bond acceptors (Lipinski definition) is 6. The van der Waals surface area contributed by atoms with Crippen LogP contribution in [0.25, 0.3) is 5.57 Å². The summed E-state index contributed by atoms with van der Waals surface area (Å²) in [5.74, 6) is 0.653. The second-order valence-electron chi connectivity index (χ2n) is 12.7. The van der Waals surface area contributed by atoms with Crippen molar-refractivity contribution in [3.05, 3.63) is 208 Å². The average molecular weight is 912 g/mol. The Labute approximate surface area is 350 Å². The van der Waals surface area contributed by atoms with Crippen LogP contribution < -0.4 is 20.9 Å². The van der Waals surface area contributed by atoms with Crippen molar-refractivity contribution in [3.8, 4) is 0 Å². The minimum absolute atomic E-state index is 0. The van der Waals surface area contributed by atoms with Crippen molar-refractivity contribution < 1.29 is 50.5 Å². The summed E-state index contributed by atoms with van der Waals surface area (Å²) in [5.41, 5.74) is 0.513. The second kappa shape index (κ2) is 22.6. The minimum Gasteiger partial charge on any atom is -0.741 e. The molecule has 58 heavy (non-hydrogen) atoms. The first-order chi connectivity index (χ1) is 27.2. The van der Waals surface area contributed by atoms with Crippen LogP contribution in [0.3, 0.4) is 0 Å². The van der Waals surface area contributed by atoms with Gasteiger partial charge in [0.1, 0.15) is 15.9 Å². The summed E-state index contributed by atoms with van der Waals surface area (Å²) in [7, 11) is -6.97. The van der Waals surface area contributed by atoms with Gasteiger partial charge in [-0.05, 0) is 90.2 Å². The van der Waals surface area contributed by atoms with Gasteiger partial charge < -0.3 is 9.54 Å². The Kier molecular flexibility index (Phi) is 18.3. The molecular formula is C44H40F3N3O5PRuS+. The van der Waals surface area contributed by atoms with E-state index in [0.29, 0.717) is 5.92 Å². The molecule has 0 radical (unpaired) electrons. The molecule has 0 fully saturated rings. The Hall–Kier alpha value is -5.32. The zero-order chi connectivity index (χ0) is 41.4. The molecule has 0 aliphatic carbocycles. The van der Waals surface area contributed by atoms with Crippen molar-refractivity contribution in [2.45, 2.75) is 32.2 Å². The quantitative estimate of drug-likeness (QED) is 0.0393. The van der Waals surface area contributed by atoms with Gasteiger partial charge in [0.05, 0.1) is 18.5 Å². The molecule has 1 aromatic heterocycles. The van der Waals surface area contributed by atoms with Crippen LogP contribution in [0.1, 0.15) is 42.1 Å². The number of rotatable bonds is 7. The number of hydrogen-bond donors (Lipinski definition) is 0. The van der Waals surface area contributed by atoms with Crippen LogP contribution in [0.2, 0.25) is 0 Å². The van der Waals surface area contributed by atoms with Gasteiger partial charge in [0, 0.05) is 18.3 Å². The van der Waals surface area contributed by atoms with Gasteiger partial charge in [-0.2, -0.15) is 19.4 Å². The molecule has 0 unspecified atom stereocenters. The molecule has 6 aromatic rings. The van der Waals surface area contributed by atoms with E-state index in [9.17, 15) is 23.3 Å². The molecule has 0 bridgehead atoms. The van der Waals surface area contributed by atoms with Crippen LogP contribution in [0.4, 0.5) is 18.9 Å². The number of nitro benzene ring substituents is 1. The number of halogens is 3. The van der Waals surface area contributed by atoms with Crippen LogP contribution >= 0.6 is 7.92 Å². The molecule has 2 heterocycles. The van der Waals surface area contributed by atoms with Crippen molar-refractivity contribution >= 4 is 51.4 Å². The molecule has 1 aliphatic rings. The van der Waals surface area contributed by atoms with Gasteiger partial charge >= 0.3 is 25.0 Å². The Bertz CT molecular complexity index is 2250. The van der Waals surface area contributed by atoms with E-state index in [0.717, 1.165) is 22.5 Å². The number of aryl methyl sites for hydroxylation is 1. The number of allylic oxidation sites excluding steroid dienone is 2. The summed E-state index contributed by atoms with van der Waals surface area (Å²) in [4.78, 5) is 18.9. The Morgan fingerprint density at radius 3 is 1.55 bits per heavy atom. The van der Waals surface area contributed by atoms with Crippen LogP contribution in [0, 0.1) is 17.0 Å². The fraction of sp³-hybridized carbons (Fsp3) is 0.114. The summed E-state index contributed by atoms with van der Waals surface area (Å²) < 4.78 is 58.9. The first-order valence-corrected chi connectivity index (χ1v) is 20.5. The number of non-ortho nitro benzene ring substituents is 1. The first kappa shape index (κ1) is 47.1. The largest absolute Gasteiger partial charge is 2.00 e. The van der Waals surface area contributed by atoms with Crippen LogP contribution in [0.15, 0.2) is 181 Å². The smallest absolute Gasteiger partial charge is 0.741 e. The fourth-order valence-corrected chi connectivity index (χ4v) is 7.92. The third-order valence-electron chi connectivity index (χ3n) is 8.20. The molecular weight excluding hydrogens is 872 g/mol. The average Bonchev–Trinajstić information content (AvgIpc) is 3.93. The van der Waals surface area contributed by atoms with Crippen LogP contribution in [-0.2, 0) is 29.6 Å². The second-order valence-corrected chi connectivity index (χ2v) is 16.5. The molecule has 0 saturated heterocycles. The molecule has 300 valence electrons. The van der Waals surface area contributed by atoms with Gasteiger partial charge in [-0.25, -0.2) is 8.42 Å².